The third-order valence-electron chi connectivity index (χ3n) is 9.48. The minimum absolute atomic E-state index is 0.0448. The SMILES string of the molecule is C[C@@H]1O[C@@H](OC[C@H]2O[C@@H](OC3=C(c4ccc(O)c(O)c4)[OH+]C4C=C(O)C=C(O[C@@H]5O[C@H](CO)[C@@H](O)[C@H](O)[C@H]5O)C4=C3)[C@H](O)[C@@H](O)[C@@H]2O)[C@H](O)[C@H](O)[C@H]1O. The number of allylic oxidation sites excluding steroid dienone is 2. The van der Waals surface area contributed by atoms with Crippen LogP contribution in [0, 0.1) is 0 Å². The Morgan fingerprint density at radius 3 is 1.92 bits per heavy atom. The summed E-state index contributed by atoms with van der Waals surface area (Å²) in [6.07, 6.45) is -21.6. The highest BCUT2D eigenvalue weighted by Gasteiger charge is 2.50. The highest BCUT2D eigenvalue weighted by molar-refractivity contribution is 5.69. The molecule has 20 nitrogen and oxygen atoms in total. The van der Waals surface area contributed by atoms with Gasteiger partial charge in [-0.25, -0.2) is 0 Å². The van der Waals surface area contributed by atoms with Gasteiger partial charge in [0.05, 0.1) is 36.5 Å². The molecule has 1 aromatic carbocycles. The van der Waals surface area contributed by atoms with Gasteiger partial charge in [0, 0.05) is 18.2 Å². The predicted octanol–water partition coefficient (Wildman–Crippen LogP) is -4.57. The average molecular weight is 760 g/mol. The summed E-state index contributed by atoms with van der Waals surface area (Å²) in [7, 11) is 0. The van der Waals surface area contributed by atoms with Crippen LogP contribution in [-0.4, -0.2) is 183 Å². The summed E-state index contributed by atoms with van der Waals surface area (Å²) in [4.78, 5) is 0. The Morgan fingerprint density at radius 2 is 1.26 bits per heavy atom. The Bertz CT molecular complexity index is 1610. The molecule has 6 rings (SSSR count). The number of fused-ring (bicyclic) bond motifs is 1. The zero-order valence-electron chi connectivity index (χ0n) is 27.8. The molecular formula is C33H43O20+. The molecule has 1 aromatic rings. The molecule has 14 N–H and O–H groups in total. The standard InChI is InChI=1S/C33H42O20/c1-10-21(38)24(41)27(44)31(48-10)47-9-20-23(40)26(43)29(46)33(53-20)51-18-7-13-16(49-30(18)11-2-3-14(36)15(37)4-11)5-12(35)6-17(13)50-32-28(45)25(42)22(39)19(8-34)52-32/h2-7,10,16,19-29,31-46H,8-9H2,1H3/p+1/t10-,16?,19+,20+,21-,22+,23+,24+,25-,26-,27+,28+,29+,31+,32+,33+/m0/s1. The van der Waals surface area contributed by atoms with Gasteiger partial charge in [0.1, 0.15) is 78.7 Å². The molecule has 0 spiro atoms. The Kier molecular flexibility index (Phi) is 11.5. The first-order chi connectivity index (χ1) is 25.1. The molecule has 294 valence electrons. The molecule has 16 atom stereocenters. The monoisotopic (exact) mass is 759 g/mol. The highest BCUT2D eigenvalue weighted by atomic mass is 16.7. The van der Waals surface area contributed by atoms with Gasteiger partial charge in [0.2, 0.25) is 24.4 Å². The van der Waals surface area contributed by atoms with E-state index < -0.39 is 123 Å². The van der Waals surface area contributed by atoms with E-state index in [1.807, 2.05) is 0 Å². The molecule has 0 bridgehead atoms. The van der Waals surface area contributed by atoms with Crippen molar-refractivity contribution in [3.63, 3.8) is 0 Å². The minimum Gasteiger partial charge on any atom is -0.571 e. The van der Waals surface area contributed by atoms with Gasteiger partial charge < -0.3 is 99.5 Å². The lowest BCUT2D eigenvalue weighted by molar-refractivity contribution is -0.323. The summed E-state index contributed by atoms with van der Waals surface area (Å²) in [5.41, 5.74) is 0.277. The summed E-state index contributed by atoms with van der Waals surface area (Å²) in [5.74, 6) is -1.82. The number of hydrogen-bond acceptors (Lipinski definition) is 19. The van der Waals surface area contributed by atoms with Crippen molar-refractivity contribution in [1.82, 2.24) is 0 Å². The first-order valence-corrected chi connectivity index (χ1v) is 16.6. The van der Waals surface area contributed by atoms with E-state index in [1.54, 1.807) is 0 Å². The van der Waals surface area contributed by atoms with Crippen molar-refractivity contribution in [1.29, 1.82) is 0 Å². The quantitative estimate of drug-likeness (QED) is 0.0832. The normalized spacial score (nSPS) is 41.8. The van der Waals surface area contributed by atoms with E-state index in [1.165, 1.54) is 25.1 Å². The summed E-state index contributed by atoms with van der Waals surface area (Å²) >= 11 is 0. The Labute approximate surface area is 300 Å². The van der Waals surface area contributed by atoms with Crippen molar-refractivity contribution in [2.75, 3.05) is 13.2 Å². The number of benzene rings is 1. The minimum atomic E-state index is -1.91. The number of aromatic hydroxyl groups is 2. The van der Waals surface area contributed by atoms with Crippen LogP contribution in [0.15, 0.2) is 59.3 Å². The fraction of sp³-hybridized carbons (Fsp3) is 0.576. The van der Waals surface area contributed by atoms with Crippen LogP contribution in [0.5, 0.6) is 11.5 Å². The Morgan fingerprint density at radius 1 is 0.660 bits per heavy atom. The van der Waals surface area contributed by atoms with Gasteiger partial charge in [-0.1, -0.05) is 0 Å². The molecule has 0 amide bonds. The van der Waals surface area contributed by atoms with E-state index in [0.29, 0.717) is 0 Å². The maximum atomic E-state index is 10.9. The lowest BCUT2D eigenvalue weighted by atomic mass is 9.96. The van der Waals surface area contributed by atoms with E-state index in [9.17, 15) is 66.4 Å². The molecule has 0 radical (unpaired) electrons. The number of phenols is 2. The van der Waals surface area contributed by atoms with Gasteiger partial charge in [0.15, 0.2) is 17.8 Å². The van der Waals surface area contributed by atoms with Crippen LogP contribution < -0.4 is 0 Å². The van der Waals surface area contributed by atoms with Gasteiger partial charge in [-0.15, -0.1) is 0 Å². The molecule has 3 fully saturated rings. The van der Waals surface area contributed by atoms with Crippen LogP contribution in [0.3, 0.4) is 0 Å². The van der Waals surface area contributed by atoms with Crippen LogP contribution in [0.2, 0.25) is 0 Å². The fourth-order valence-corrected chi connectivity index (χ4v) is 6.33. The third-order valence-corrected chi connectivity index (χ3v) is 9.48. The van der Waals surface area contributed by atoms with E-state index in [2.05, 4.69) is 4.74 Å². The van der Waals surface area contributed by atoms with E-state index in [-0.39, 0.29) is 34.2 Å². The molecule has 0 aromatic heterocycles. The fourth-order valence-electron chi connectivity index (χ4n) is 6.33. The van der Waals surface area contributed by atoms with Crippen LogP contribution in [0.1, 0.15) is 12.5 Å². The van der Waals surface area contributed by atoms with Gasteiger partial charge in [-0.2, -0.15) is 0 Å². The number of hydrogen-bond donors (Lipinski definition) is 13. The lowest BCUT2D eigenvalue weighted by Crippen LogP contribution is -2.61. The van der Waals surface area contributed by atoms with Crippen molar-refractivity contribution in [2.45, 2.75) is 105 Å². The lowest BCUT2D eigenvalue weighted by Gasteiger charge is -2.42. The first-order valence-electron chi connectivity index (χ1n) is 16.6. The molecular weight excluding hydrogens is 716 g/mol. The van der Waals surface area contributed by atoms with E-state index >= 15 is 0 Å². The molecule has 1 aliphatic carbocycles. The molecule has 20 heteroatoms. The molecule has 0 saturated carbocycles. The predicted molar refractivity (Wildman–Crippen MR) is 171 cm³/mol. The number of aliphatic hydroxyl groups is 13. The van der Waals surface area contributed by atoms with Crippen molar-refractivity contribution in [3.8, 4) is 11.5 Å². The smallest absolute Gasteiger partial charge is 0.305 e. The van der Waals surface area contributed by atoms with Gasteiger partial charge in [0.25, 0.3) is 0 Å². The van der Waals surface area contributed by atoms with Crippen LogP contribution >= 0.6 is 0 Å². The largest absolute Gasteiger partial charge is 0.571 e. The van der Waals surface area contributed by atoms with Crippen molar-refractivity contribution < 1.29 is 99.5 Å². The second-order valence-corrected chi connectivity index (χ2v) is 13.2. The zero-order chi connectivity index (χ0) is 38.5. The first kappa shape index (κ1) is 39.1. The number of aliphatic hydroxyl groups excluding tert-OH is 11. The number of rotatable bonds is 9. The van der Waals surface area contributed by atoms with Crippen LogP contribution in [0.4, 0.5) is 0 Å². The summed E-state index contributed by atoms with van der Waals surface area (Å²) in [6, 6.07) is 3.65. The van der Waals surface area contributed by atoms with E-state index in [0.717, 1.165) is 18.2 Å². The Balaban J connectivity index is 1.30. The Hall–Kier alpha value is -3.58. The molecule has 4 aliphatic heterocycles. The van der Waals surface area contributed by atoms with Gasteiger partial charge in [-0.3, -0.25) is 0 Å². The van der Waals surface area contributed by atoms with Crippen molar-refractivity contribution in [2.24, 2.45) is 0 Å². The van der Waals surface area contributed by atoms with Gasteiger partial charge in [-0.05, 0) is 19.1 Å². The topological polar surface area (TPSA) is 331 Å². The number of ether oxygens (including phenoxy) is 7. The zero-order valence-corrected chi connectivity index (χ0v) is 27.8. The number of phenolic OH excluding ortho intramolecular Hbond substituents is 2. The maximum Gasteiger partial charge on any atom is 0.305 e. The third kappa shape index (κ3) is 7.70. The van der Waals surface area contributed by atoms with E-state index in [4.69, 9.17) is 28.4 Å². The molecule has 53 heavy (non-hydrogen) atoms. The molecule has 1 unspecified atom stereocenters. The summed E-state index contributed by atoms with van der Waals surface area (Å²) < 4.78 is 38.7. The maximum absolute atomic E-state index is 10.9. The molecule has 3 saturated heterocycles. The summed E-state index contributed by atoms with van der Waals surface area (Å²) in [5, 5.41) is 134. The van der Waals surface area contributed by atoms with Crippen LogP contribution in [-0.2, 0) is 28.4 Å². The summed E-state index contributed by atoms with van der Waals surface area (Å²) in [6.45, 7) is 0.101. The molecule has 4 heterocycles. The average Bonchev–Trinajstić information content (AvgIpc) is 3.13. The second-order valence-electron chi connectivity index (χ2n) is 13.2. The van der Waals surface area contributed by atoms with Crippen molar-refractivity contribution >= 4 is 5.76 Å². The van der Waals surface area contributed by atoms with Gasteiger partial charge >= 0.3 is 5.76 Å². The van der Waals surface area contributed by atoms with Crippen LogP contribution in [0.25, 0.3) is 5.76 Å². The van der Waals surface area contributed by atoms with Crippen molar-refractivity contribution in [3.05, 3.63) is 64.8 Å². The molecule has 5 aliphatic rings. The second kappa shape index (κ2) is 15.6. The highest BCUT2D eigenvalue weighted by Crippen LogP contribution is 2.40.